The highest BCUT2D eigenvalue weighted by Crippen LogP contribution is 2.32. The van der Waals surface area contributed by atoms with Crippen molar-refractivity contribution < 1.29 is 10.0 Å². The molecule has 1 unspecified atom stereocenters. The van der Waals surface area contributed by atoms with Gasteiger partial charge in [-0.2, -0.15) is 0 Å². The molecule has 0 fully saturated rings. The highest BCUT2D eigenvalue weighted by atomic mass is 16.6. The maximum atomic E-state index is 11.2. The van der Waals surface area contributed by atoms with Crippen LogP contribution in [0.25, 0.3) is 10.9 Å². The molecular formula is C18H17N3O3. The fourth-order valence-electron chi connectivity index (χ4n) is 2.74. The first kappa shape index (κ1) is 15.7. The van der Waals surface area contributed by atoms with Crippen LogP contribution in [-0.2, 0) is 0 Å². The lowest BCUT2D eigenvalue weighted by atomic mass is 10.0. The summed E-state index contributed by atoms with van der Waals surface area (Å²) in [5.41, 5.74) is 2.22. The van der Waals surface area contributed by atoms with Gasteiger partial charge in [0.25, 0.3) is 5.69 Å². The fourth-order valence-corrected chi connectivity index (χ4v) is 2.74. The first-order valence-corrected chi connectivity index (χ1v) is 7.67. The van der Waals surface area contributed by atoms with Crippen LogP contribution in [0.4, 0.5) is 11.4 Å². The monoisotopic (exact) mass is 323 g/mol. The molecule has 122 valence electrons. The second kappa shape index (κ2) is 6.54. The number of hydrogen-bond acceptors (Lipinski definition) is 5. The van der Waals surface area contributed by atoms with Gasteiger partial charge in [-0.1, -0.05) is 25.1 Å². The second-order valence-corrected chi connectivity index (χ2v) is 5.53. The maximum absolute atomic E-state index is 11.2. The summed E-state index contributed by atoms with van der Waals surface area (Å²) in [5.74, 6) is 0.190. The quantitative estimate of drug-likeness (QED) is 0.536. The number of rotatable bonds is 5. The number of nitrogens with zero attached hydrogens (tertiary/aromatic N) is 2. The number of aromatic hydroxyl groups is 1. The number of nitrogens with one attached hydrogen (secondary N) is 1. The van der Waals surface area contributed by atoms with Crippen molar-refractivity contribution in [2.75, 3.05) is 5.32 Å². The van der Waals surface area contributed by atoms with Crippen LogP contribution in [-0.4, -0.2) is 15.0 Å². The van der Waals surface area contributed by atoms with Crippen molar-refractivity contribution in [2.24, 2.45) is 0 Å². The third-order valence-electron chi connectivity index (χ3n) is 3.91. The Hall–Kier alpha value is -3.15. The van der Waals surface area contributed by atoms with Gasteiger partial charge in [0.15, 0.2) is 0 Å². The van der Waals surface area contributed by atoms with E-state index in [1.807, 2.05) is 13.0 Å². The van der Waals surface area contributed by atoms with Gasteiger partial charge in [-0.05, 0) is 30.2 Å². The van der Waals surface area contributed by atoms with E-state index in [1.54, 1.807) is 36.5 Å². The Kier molecular flexibility index (Phi) is 4.29. The molecule has 1 heterocycles. The number of pyridine rings is 1. The molecule has 6 nitrogen and oxygen atoms in total. The molecule has 0 amide bonds. The van der Waals surface area contributed by atoms with Gasteiger partial charge < -0.3 is 10.4 Å². The molecule has 0 aliphatic heterocycles. The lowest BCUT2D eigenvalue weighted by Crippen LogP contribution is -2.10. The Morgan fingerprint density at radius 3 is 2.79 bits per heavy atom. The van der Waals surface area contributed by atoms with Crippen LogP contribution in [0.1, 0.15) is 24.9 Å². The molecule has 0 bridgehead atoms. The minimum Gasteiger partial charge on any atom is -0.508 e. The first-order chi connectivity index (χ1) is 11.6. The van der Waals surface area contributed by atoms with Gasteiger partial charge >= 0.3 is 0 Å². The van der Waals surface area contributed by atoms with Crippen LogP contribution >= 0.6 is 0 Å². The number of nitro benzene ring substituents is 1. The second-order valence-electron chi connectivity index (χ2n) is 5.53. The van der Waals surface area contributed by atoms with E-state index < -0.39 is 4.92 Å². The summed E-state index contributed by atoms with van der Waals surface area (Å²) in [4.78, 5) is 15.1. The zero-order chi connectivity index (χ0) is 17.1. The summed E-state index contributed by atoms with van der Waals surface area (Å²) < 4.78 is 0. The van der Waals surface area contributed by atoms with Crippen molar-refractivity contribution in [3.63, 3.8) is 0 Å². The van der Waals surface area contributed by atoms with E-state index in [2.05, 4.69) is 10.3 Å². The summed E-state index contributed by atoms with van der Waals surface area (Å²) in [6, 6.07) is 13.5. The topological polar surface area (TPSA) is 88.3 Å². The molecule has 0 radical (unpaired) electrons. The smallest absolute Gasteiger partial charge is 0.272 e. The third kappa shape index (κ3) is 3.12. The summed E-state index contributed by atoms with van der Waals surface area (Å²) in [7, 11) is 0. The lowest BCUT2D eigenvalue weighted by Gasteiger charge is -2.20. The molecule has 1 aromatic heterocycles. The number of fused-ring (bicyclic) bond motifs is 1. The number of non-ortho nitro benzene ring substituents is 1. The molecule has 6 heteroatoms. The van der Waals surface area contributed by atoms with Gasteiger partial charge in [-0.15, -0.1) is 0 Å². The molecule has 0 spiro atoms. The normalized spacial score (nSPS) is 12.0. The molecule has 24 heavy (non-hydrogen) atoms. The van der Waals surface area contributed by atoms with E-state index in [0.29, 0.717) is 16.6 Å². The largest absolute Gasteiger partial charge is 0.508 e. The average Bonchev–Trinajstić information content (AvgIpc) is 2.59. The molecule has 0 saturated heterocycles. The molecule has 1 atom stereocenters. The Morgan fingerprint density at radius 1 is 1.25 bits per heavy atom. The number of nitro groups is 1. The van der Waals surface area contributed by atoms with Crippen LogP contribution in [0.3, 0.4) is 0 Å². The van der Waals surface area contributed by atoms with E-state index in [-0.39, 0.29) is 17.5 Å². The number of benzene rings is 2. The Balaban J connectivity index is 2.06. The number of hydrogen-bond donors (Lipinski definition) is 2. The standard InChI is InChI=1S/C18H17N3O3/c1-2-16(12-5-3-7-15(22)10-12)20-17-11-14(21(23)24)9-13-6-4-8-19-18(13)17/h3-11,16,20,22H,2H2,1H3. The predicted molar refractivity (Wildman–Crippen MR) is 93.2 cm³/mol. The maximum Gasteiger partial charge on any atom is 0.272 e. The summed E-state index contributed by atoms with van der Waals surface area (Å²) >= 11 is 0. The fraction of sp³-hybridized carbons (Fsp3) is 0.167. The van der Waals surface area contributed by atoms with Crippen molar-refractivity contribution in [3.05, 3.63) is 70.4 Å². The Bertz CT molecular complexity index is 896. The highest BCUT2D eigenvalue weighted by Gasteiger charge is 2.16. The molecule has 2 aromatic carbocycles. The minimum absolute atomic E-state index is 0.0174. The zero-order valence-corrected chi connectivity index (χ0v) is 13.1. The number of phenols is 1. The number of phenolic OH excluding ortho intramolecular Hbond substituents is 1. The van der Waals surface area contributed by atoms with Crippen molar-refractivity contribution in [1.82, 2.24) is 4.98 Å². The molecular weight excluding hydrogens is 306 g/mol. The van der Waals surface area contributed by atoms with Gasteiger partial charge in [0.05, 0.1) is 22.2 Å². The third-order valence-corrected chi connectivity index (χ3v) is 3.91. The molecule has 3 aromatic rings. The van der Waals surface area contributed by atoms with Crippen molar-refractivity contribution >= 4 is 22.3 Å². The molecule has 2 N–H and O–H groups in total. The van der Waals surface area contributed by atoms with E-state index in [9.17, 15) is 15.2 Å². The first-order valence-electron chi connectivity index (χ1n) is 7.67. The van der Waals surface area contributed by atoms with Crippen molar-refractivity contribution in [1.29, 1.82) is 0 Å². The van der Waals surface area contributed by atoms with E-state index in [0.717, 1.165) is 12.0 Å². The summed E-state index contributed by atoms with van der Waals surface area (Å²) in [5, 5.41) is 24.9. The predicted octanol–water partition coefficient (Wildman–Crippen LogP) is 4.41. The average molecular weight is 323 g/mol. The molecule has 0 saturated carbocycles. The van der Waals surface area contributed by atoms with Gasteiger partial charge in [0, 0.05) is 23.7 Å². The lowest BCUT2D eigenvalue weighted by molar-refractivity contribution is -0.384. The van der Waals surface area contributed by atoms with Gasteiger partial charge in [0.1, 0.15) is 5.75 Å². The van der Waals surface area contributed by atoms with Crippen LogP contribution in [0.5, 0.6) is 5.75 Å². The zero-order valence-electron chi connectivity index (χ0n) is 13.1. The molecule has 3 rings (SSSR count). The van der Waals surface area contributed by atoms with Crippen molar-refractivity contribution in [3.8, 4) is 5.75 Å². The van der Waals surface area contributed by atoms with Crippen LogP contribution in [0.2, 0.25) is 0 Å². The van der Waals surface area contributed by atoms with Crippen LogP contribution in [0.15, 0.2) is 54.7 Å². The van der Waals surface area contributed by atoms with Crippen LogP contribution < -0.4 is 5.32 Å². The van der Waals surface area contributed by atoms with Crippen molar-refractivity contribution in [2.45, 2.75) is 19.4 Å². The summed E-state index contributed by atoms with van der Waals surface area (Å²) in [6.07, 6.45) is 2.41. The molecule has 0 aliphatic rings. The van der Waals surface area contributed by atoms with Gasteiger partial charge in [-0.3, -0.25) is 15.1 Å². The number of anilines is 1. The van der Waals surface area contributed by atoms with E-state index in [1.165, 1.54) is 12.1 Å². The SMILES string of the molecule is CCC(Nc1cc([N+](=O)[O-])cc2cccnc12)c1cccc(O)c1. The summed E-state index contributed by atoms with van der Waals surface area (Å²) in [6.45, 7) is 2.01. The molecule has 0 aliphatic carbocycles. The highest BCUT2D eigenvalue weighted by molar-refractivity contribution is 5.92. The Morgan fingerprint density at radius 2 is 2.08 bits per heavy atom. The van der Waals surface area contributed by atoms with Gasteiger partial charge in [-0.25, -0.2) is 0 Å². The van der Waals surface area contributed by atoms with E-state index in [4.69, 9.17) is 0 Å². The minimum atomic E-state index is -0.410. The van der Waals surface area contributed by atoms with Gasteiger partial charge in [0.2, 0.25) is 0 Å². The Labute approximate surface area is 138 Å². The van der Waals surface area contributed by atoms with Crippen LogP contribution in [0, 0.1) is 10.1 Å². The van der Waals surface area contributed by atoms with E-state index >= 15 is 0 Å². The number of aromatic nitrogens is 1.